The zero-order valence-corrected chi connectivity index (χ0v) is 17.6. The number of allylic oxidation sites excluding steroid dienone is 1. The van der Waals surface area contributed by atoms with Crippen LogP contribution >= 0.6 is 0 Å². The highest BCUT2D eigenvalue weighted by Crippen LogP contribution is 2.23. The molecule has 9 heteroatoms. The molecule has 168 valence electrons. The van der Waals surface area contributed by atoms with E-state index in [2.05, 4.69) is 15.3 Å². The second kappa shape index (κ2) is 8.70. The first-order valence-electron chi connectivity index (χ1n) is 10.3. The molecule has 5 rings (SSSR count). The van der Waals surface area contributed by atoms with Crippen molar-refractivity contribution in [2.45, 2.75) is 25.7 Å². The zero-order valence-electron chi connectivity index (χ0n) is 17.6. The number of carbonyl (C=O) groups excluding carboxylic acids is 1. The number of halogens is 1. The largest absolute Gasteiger partial charge is 0.436 e. The van der Waals surface area contributed by atoms with Crippen molar-refractivity contribution in [2.75, 3.05) is 6.79 Å². The van der Waals surface area contributed by atoms with Gasteiger partial charge in [0.15, 0.2) is 5.58 Å². The SMILES string of the molecule is Cc1ncc(CO)c2cc(C(=O)NC3=C[C@H]4OCO[C@H]4C=C3)c(=Nc3ccc(F)cc3)oc12. The minimum atomic E-state index is -0.465. The van der Waals surface area contributed by atoms with Crippen LogP contribution in [0.5, 0.6) is 0 Å². The predicted octanol–water partition coefficient (Wildman–Crippen LogP) is 2.93. The van der Waals surface area contributed by atoms with Gasteiger partial charge in [-0.15, -0.1) is 0 Å². The molecule has 1 fully saturated rings. The van der Waals surface area contributed by atoms with E-state index in [4.69, 9.17) is 13.9 Å². The second-order valence-electron chi connectivity index (χ2n) is 7.64. The number of aliphatic hydroxyl groups is 1. The molecule has 2 N–H and O–H groups in total. The molecule has 8 nitrogen and oxygen atoms in total. The summed E-state index contributed by atoms with van der Waals surface area (Å²) in [5.74, 6) is -0.865. The first kappa shape index (κ1) is 21.2. The molecule has 0 radical (unpaired) electrons. The third-order valence-corrected chi connectivity index (χ3v) is 5.44. The Morgan fingerprint density at radius 2 is 2.06 bits per heavy atom. The second-order valence-corrected chi connectivity index (χ2v) is 7.64. The summed E-state index contributed by atoms with van der Waals surface area (Å²) in [5.41, 5.74) is 2.62. The van der Waals surface area contributed by atoms with Crippen molar-refractivity contribution in [1.29, 1.82) is 0 Å². The predicted molar refractivity (Wildman–Crippen MR) is 116 cm³/mol. The molecule has 0 spiro atoms. The number of nitrogens with zero attached hydrogens (tertiary/aromatic N) is 2. The lowest BCUT2D eigenvalue weighted by Gasteiger charge is -2.17. The highest BCUT2D eigenvalue weighted by molar-refractivity contribution is 5.98. The van der Waals surface area contributed by atoms with Crippen LogP contribution in [-0.2, 0) is 16.1 Å². The van der Waals surface area contributed by atoms with E-state index in [1.165, 1.54) is 30.5 Å². The van der Waals surface area contributed by atoms with Crippen LogP contribution in [0.3, 0.4) is 0 Å². The number of amides is 1. The Morgan fingerprint density at radius 3 is 2.85 bits per heavy atom. The highest BCUT2D eigenvalue weighted by Gasteiger charge is 2.28. The monoisotopic (exact) mass is 449 g/mol. The third-order valence-electron chi connectivity index (χ3n) is 5.44. The number of pyridine rings is 1. The van der Waals surface area contributed by atoms with E-state index in [-0.39, 0.29) is 36.7 Å². The van der Waals surface area contributed by atoms with Crippen molar-refractivity contribution in [2.24, 2.45) is 4.99 Å². The van der Waals surface area contributed by atoms with Crippen molar-refractivity contribution in [3.05, 3.63) is 88.6 Å². The van der Waals surface area contributed by atoms with Gasteiger partial charge in [-0.2, -0.15) is 0 Å². The summed E-state index contributed by atoms with van der Waals surface area (Å²) in [6, 6.07) is 7.12. The summed E-state index contributed by atoms with van der Waals surface area (Å²) in [6.07, 6.45) is 6.43. The van der Waals surface area contributed by atoms with E-state index in [1.807, 2.05) is 6.08 Å². The molecular weight excluding hydrogens is 429 g/mol. The van der Waals surface area contributed by atoms with E-state index >= 15 is 0 Å². The molecule has 1 amide bonds. The fraction of sp³-hybridized carbons (Fsp3) is 0.208. The van der Waals surface area contributed by atoms with Crippen molar-refractivity contribution >= 4 is 22.6 Å². The van der Waals surface area contributed by atoms with Gasteiger partial charge < -0.3 is 24.3 Å². The summed E-state index contributed by atoms with van der Waals surface area (Å²) in [6.45, 7) is 1.67. The van der Waals surface area contributed by atoms with Gasteiger partial charge in [-0.1, -0.05) is 6.08 Å². The molecule has 1 aliphatic carbocycles. The number of aromatic nitrogens is 1. The lowest BCUT2D eigenvalue weighted by Crippen LogP contribution is -2.31. The molecule has 2 atom stereocenters. The highest BCUT2D eigenvalue weighted by atomic mass is 19.1. The number of rotatable bonds is 4. The minimum Gasteiger partial charge on any atom is -0.436 e. The van der Waals surface area contributed by atoms with Gasteiger partial charge in [0.1, 0.15) is 30.4 Å². The molecule has 0 saturated carbocycles. The third kappa shape index (κ3) is 4.21. The van der Waals surface area contributed by atoms with Gasteiger partial charge in [0.25, 0.3) is 5.91 Å². The average molecular weight is 449 g/mol. The summed E-state index contributed by atoms with van der Waals surface area (Å²) >= 11 is 0. The van der Waals surface area contributed by atoms with Crippen molar-refractivity contribution in [3.8, 4) is 0 Å². The van der Waals surface area contributed by atoms with E-state index in [9.17, 15) is 14.3 Å². The number of aryl methyl sites for hydroxylation is 1. The fourth-order valence-corrected chi connectivity index (χ4v) is 3.70. The van der Waals surface area contributed by atoms with Gasteiger partial charge in [-0.25, -0.2) is 9.38 Å². The Labute approximate surface area is 187 Å². The summed E-state index contributed by atoms with van der Waals surface area (Å²) < 4.78 is 30.2. The zero-order chi connectivity index (χ0) is 22.9. The summed E-state index contributed by atoms with van der Waals surface area (Å²) in [5, 5.41) is 13.1. The van der Waals surface area contributed by atoms with E-state index < -0.39 is 11.7 Å². The van der Waals surface area contributed by atoms with Crippen molar-refractivity contribution in [3.63, 3.8) is 0 Å². The van der Waals surface area contributed by atoms with Gasteiger partial charge in [-0.3, -0.25) is 9.78 Å². The lowest BCUT2D eigenvalue weighted by molar-refractivity contribution is 0.0503. The Kier molecular flexibility index (Phi) is 5.59. The number of benzene rings is 1. The van der Waals surface area contributed by atoms with Crippen LogP contribution in [0.4, 0.5) is 10.1 Å². The maximum atomic E-state index is 13.3. The molecule has 3 aromatic rings. The average Bonchev–Trinajstić information content (AvgIpc) is 3.29. The van der Waals surface area contributed by atoms with Crippen LogP contribution in [0.1, 0.15) is 21.6 Å². The smallest absolute Gasteiger partial charge is 0.261 e. The Balaban J connectivity index is 1.61. The fourth-order valence-electron chi connectivity index (χ4n) is 3.70. The van der Waals surface area contributed by atoms with E-state index in [1.54, 1.807) is 25.1 Å². The van der Waals surface area contributed by atoms with Crippen molar-refractivity contribution in [1.82, 2.24) is 10.3 Å². The Bertz CT molecular complexity index is 1360. The Morgan fingerprint density at radius 1 is 1.27 bits per heavy atom. The Hall–Kier alpha value is -3.66. The molecule has 2 aromatic heterocycles. The van der Waals surface area contributed by atoms with Gasteiger partial charge in [0.05, 0.1) is 18.0 Å². The van der Waals surface area contributed by atoms with Gasteiger partial charge in [0.2, 0.25) is 5.55 Å². The molecular formula is C24H20FN3O5. The minimum absolute atomic E-state index is 0.0327. The molecule has 33 heavy (non-hydrogen) atoms. The maximum absolute atomic E-state index is 13.3. The molecule has 1 saturated heterocycles. The van der Waals surface area contributed by atoms with Crippen LogP contribution < -0.4 is 10.9 Å². The van der Waals surface area contributed by atoms with Gasteiger partial charge >= 0.3 is 0 Å². The van der Waals surface area contributed by atoms with Crippen LogP contribution in [0, 0.1) is 12.7 Å². The number of hydrogen-bond donors (Lipinski definition) is 2. The molecule has 0 bridgehead atoms. The molecule has 1 aliphatic heterocycles. The number of carbonyl (C=O) groups is 1. The first-order chi connectivity index (χ1) is 16.0. The standard InChI is InChI=1S/C24H20FN3O5/c1-13-22-18(14(11-29)10-26-13)9-19(24(33-22)28-16-4-2-15(25)3-5-16)23(30)27-17-6-7-20-21(8-17)32-12-31-20/h2-10,20-21,29H,11-12H2,1H3,(H,27,30)/t20-,21+/m0/s1. The number of aliphatic hydroxyl groups excluding tert-OH is 1. The molecule has 0 unspecified atom stereocenters. The summed E-state index contributed by atoms with van der Waals surface area (Å²) in [4.78, 5) is 22.0. The first-order valence-corrected chi connectivity index (χ1v) is 10.3. The lowest BCUT2D eigenvalue weighted by atomic mass is 10.1. The van der Waals surface area contributed by atoms with E-state index in [0.717, 1.165) is 0 Å². The molecule has 1 aromatic carbocycles. The number of fused-ring (bicyclic) bond motifs is 2. The maximum Gasteiger partial charge on any atom is 0.261 e. The van der Waals surface area contributed by atoms with Crippen LogP contribution in [0.25, 0.3) is 11.0 Å². The summed E-state index contributed by atoms with van der Waals surface area (Å²) in [7, 11) is 0. The van der Waals surface area contributed by atoms with Crippen molar-refractivity contribution < 1.29 is 28.2 Å². The van der Waals surface area contributed by atoms with Crippen LogP contribution in [0.2, 0.25) is 0 Å². The van der Waals surface area contributed by atoms with Crippen LogP contribution in [0.15, 0.2) is 69.9 Å². The number of ether oxygens (including phenoxy) is 2. The quantitative estimate of drug-likeness (QED) is 0.635. The normalized spacial score (nSPS) is 20.1. The molecule has 3 heterocycles. The van der Waals surface area contributed by atoms with Gasteiger partial charge in [0, 0.05) is 22.8 Å². The topological polar surface area (TPSA) is 106 Å². The number of hydrogen-bond acceptors (Lipinski definition) is 7. The number of nitrogens with one attached hydrogen (secondary N) is 1. The van der Waals surface area contributed by atoms with Gasteiger partial charge in [-0.05, 0) is 49.4 Å². The van der Waals surface area contributed by atoms with Crippen LogP contribution in [-0.4, -0.2) is 35.0 Å². The molecule has 2 aliphatic rings. The van der Waals surface area contributed by atoms with E-state index in [0.29, 0.717) is 33.6 Å².